The third-order valence-electron chi connectivity index (χ3n) is 5.47. The SMILES string of the molecule is CCOC(=O)c1c(NC(=O)COC(=O)C(CCSC)N2C(=O)c3ccccc3C2=O)sc(C)c1C. The van der Waals surface area contributed by atoms with E-state index in [0.29, 0.717) is 16.3 Å². The maximum Gasteiger partial charge on any atom is 0.341 e. The molecule has 0 radical (unpaired) electrons. The number of thioether (sulfide) groups is 1. The highest BCUT2D eigenvalue weighted by molar-refractivity contribution is 7.98. The fourth-order valence-corrected chi connectivity index (χ4v) is 5.16. The quantitative estimate of drug-likeness (QED) is 0.375. The summed E-state index contributed by atoms with van der Waals surface area (Å²) in [5.74, 6) is -2.70. The molecule has 1 aromatic heterocycles. The minimum absolute atomic E-state index is 0.184. The zero-order valence-corrected chi connectivity index (χ0v) is 21.5. The van der Waals surface area contributed by atoms with Gasteiger partial charge in [-0.25, -0.2) is 9.59 Å². The van der Waals surface area contributed by atoms with E-state index in [4.69, 9.17) is 9.47 Å². The normalized spacial score (nSPS) is 13.4. The Bertz CT molecular complexity index is 1140. The van der Waals surface area contributed by atoms with Crippen molar-refractivity contribution >= 4 is 57.8 Å². The lowest BCUT2D eigenvalue weighted by molar-refractivity contribution is -0.151. The van der Waals surface area contributed by atoms with Crippen LogP contribution in [0.4, 0.5) is 5.00 Å². The molecule has 2 heterocycles. The average Bonchev–Trinajstić information content (AvgIpc) is 3.25. The van der Waals surface area contributed by atoms with Gasteiger partial charge in [0.15, 0.2) is 6.61 Å². The maximum absolute atomic E-state index is 12.9. The maximum atomic E-state index is 12.9. The third kappa shape index (κ3) is 5.57. The second-order valence-electron chi connectivity index (χ2n) is 7.69. The number of aryl methyl sites for hydroxylation is 1. The highest BCUT2D eigenvalue weighted by atomic mass is 32.2. The standard InChI is InChI=1S/C24H26N2O7S2/c1-5-32-24(31)19-13(2)14(3)35-20(19)25-18(27)12-33-23(30)17(10-11-34-4)26-21(28)15-8-6-7-9-16(15)22(26)29/h6-9,17H,5,10-12H2,1-4H3,(H,25,27). The zero-order chi connectivity index (χ0) is 25.7. The number of hydrogen-bond acceptors (Lipinski definition) is 9. The van der Waals surface area contributed by atoms with E-state index < -0.39 is 42.3 Å². The van der Waals surface area contributed by atoms with Crippen molar-refractivity contribution in [3.05, 3.63) is 51.4 Å². The van der Waals surface area contributed by atoms with Crippen molar-refractivity contribution in [2.75, 3.05) is 30.5 Å². The van der Waals surface area contributed by atoms with E-state index in [1.807, 2.05) is 13.2 Å². The molecule has 1 unspecified atom stereocenters. The Morgan fingerprint density at radius 3 is 2.29 bits per heavy atom. The molecule has 0 saturated carbocycles. The number of benzene rings is 1. The molecule has 3 amide bonds. The van der Waals surface area contributed by atoms with Gasteiger partial charge in [0.2, 0.25) is 0 Å². The van der Waals surface area contributed by atoms with E-state index in [0.717, 1.165) is 9.78 Å². The van der Waals surface area contributed by atoms with Gasteiger partial charge in [0, 0.05) is 4.88 Å². The number of rotatable bonds is 10. The highest BCUT2D eigenvalue weighted by Crippen LogP contribution is 2.33. The molecule has 186 valence electrons. The van der Waals surface area contributed by atoms with Gasteiger partial charge in [-0.15, -0.1) is 11.3 Å². The molecule has 0 saturated heterocycles. The first kappa shape index (κ1) is 26.4. The van der Waals surface area contributed by atoms with Crippen molar-refractivity contribution < 1.29 is 33.4 Å². The van der Waals surface area contributed by atoms with E-state index in [2.05, 4.69) is 5.32 Å². The number of amides is 3. The zero-order valence-electron chi connectivity index (χ0n) is 19.8. The first-order valence-electron chi connectivity index (χ1n) is 10.9. The molecule has 1 atom stereocenters. The topological polar surface area (TPSA) is 119 Å². The van der Waals surface area contributed by atoms with Crippen LogP contribution in [-0.4, -0.2) is 65.8 Å². The summed E-state index contributed by atoms with van der Waals surface area (Å²) in [5, 5.41) is 2.90. The summed E-state index contributed by atoms with van der Waals surface area (Å²) in [6.07, 6.45) is 2.02. The molecule has 3 rings (SSSR count). The number of esters is 2. The molecule has 2 aromatic rings. The van der Waals surface area contributed by atoms with Gasteiger partial charge in [0.05, 0.1) is 23.3 Å². The average molecular weight is 519 g/mol. The van der Waals surface area contributed by atoms with Crippen molar-refractivity contribution in [3.63, 3.8) is 0 Å². The second kappa shape index (κ2) is 11.5. The molecule has 35 heavy (non-hydrogen) atoms. The smallest absolute Gasteiger partial charge is 0.341 e. The van der Waals surface area contributed by atoms with Crippen LogP contribution in [0.1, 0.15) is 54.9 Å². The molecule has 9 nitrogen and oxygen atoms in total. The minimum Gasteiger partial charge on any atom is -0.462 e. The largest absolute Gasteiger partial charge is 0.462 e. The van der Waals surface area contributed by atoms with Crippen molar-refractivity contribution in [2.24, 2.45) is 0 Å². The van der Waals surface area contributed by atoms with E-state index in [1.165, 1.54) is 35.2 Å². The van der Waals surface area contributed by atoms with E-state index >= 15 is 0 Å². The Morgan fingerprint density at radius 2 is 1.71 bits per heavy atom. The lowest BCUT2D eigenvalue weighted by atomic mass is 10.1. The summed E-state index contributed by atoms with van der Waals surface area (Å²) >= 11 is 2.67. The van der Waals surface area contributed by atoms with Crippen LogP contribution in [0.3, 0.4) is 0 Å². The van der Waals surface area contributed by atoms with Gasteiger partial charge in [-0.1, -0.05) is 12.1 Å². The van der Waals surface area contributed by atoms with Crippen LogP contribution in [0.5, 0.6) is 0 Å². The van der Waals surface area contributed by atoms with Crippen LogP contribution >= 0.6 is 23.1 Å². The third-order valence-corrected chi connectivity index (χ3v) is 7.23. The van der Waals surface area contributed by atoms with E-state index in [-0.39, 0.29) is 29.7 Å². The molecular weight excluding hydrogens is 492 g/mol. The molecule has 0 spiro atoms. The van der Waals surface area contributed by atoms with Crippen LogP contribution in [-0.2, 0) is 19.1 Å². The molecule has 11 heteroatoms. The fourth-order valence-electron chi connectivity index (χ4n) is 3.63. The van der Waals surface area contributed by atoms with E-state index in [1.54, 1.807) is 26.0 Å². The Labute approximate surface area is 211 Å². The number of nitrogens with zero attached hydrogens (tertiary/aromatic N) is 1. The van der Waals surface area contributed by atoms with Crippen molar-refractivity contribution in [1.29, 1.82) is 0 Å². The number of nitrogens with one attached hydrogen (secondary N) is 1. The number of carbonyl (C=O) groups is 5. The van der Waals surface area contributed by atoms with Crippen LogP contribution < -0.4 is 5.32 Å². The first-order chi connectivity index (χ1) is 16.7. The monoisotopic (exact) mass is 518 g/mol. The summed E-state index contributed by atoms with van der Waals surface area (Å²) in [7, 11) is 0. The number of ether oxygens (including phenoxy) is 2. The van der Waals surface area contributed by atoms with Gasteiger partial charge < -0.3 is 14.8 Å². The Balaban J connectivity index is 1.71. The fraction of sp³-hybridized carbons (Fsp3) is 0.375. The predicted molar refractivity (Wildman–Crippen MR) is 133 cm³/mol. The predicted octanol–water partition coefficient (Wildman–Crippen LogP) is 3.44. The molecule has 1 aromatic carbocycles. The number of anilines is 1. The number of hydrogen-bond donors (Lipinski definition) is 1. The lowest BCUT2D eigenvalue weighted by Crippen LogP contribution is -2.46. The molecule has 0 fully saturated rings. The highest BCUT2D eigenvalue weighted by Gasteiger charge is 2.43. The molecule has 1 aliphatic heterocycles. The van der Waals surface area contributed by atoms with Crippen LogP contribution in [0.25, 0.3) is 0 Å². The molecule has 0 aliphatic carbocycles. The number of carbonyl (C=O) groups excluding carboxylic acids is 5. The van der Waals surface area contributed by atoms with Crippen LogP contribution in [0, 0.1) is 13.8 Å². The molecular formula is C24H26N2O7S2. The summed E-state index contributed by atoms with van der Waals surface area (Å²) in [6, 6.07) is 5.19. The number of imide groups is 1. The van der Waals surface area contributed by atoms with Crippen LogP contribution in [0.15, 0.2) is 24.3 Å². The Kier molecular flexibility index (Phi) is 8.68. The minimum atomic E-state index is -1.16. The molecule has 1 aliphatic rings. The summed E-state index contributed by atoms with van der Waals surface area (Å²) in [5.41, 5.74) is 1.42. The summed E-state index contributed by atoms with van der Waals surface area (Å²) < 4.78 is 10.3. The van der Waals surface area contributed by atoms with Gasteiger partial charge in [-0.05, 0) is 56.9 Å². The van der Waals surface area contributed by atoms with Crippen LogP contribution in [0.2, 0.25) is 0 Å². The van der Waals surface area contributed by atoms with Gasteiger partial charge >= 0.3 is 11.9 Å². The van der Waals surface area contributed by atoms with Crippen molar-refractivity contribution in [2.45, 2.75) is 33.2 Å². The Hall–Kier alpha value is -3.18. The second-order valence-corrected chi connectivity index (χ2v) is 9.90. The van der Waals surface area contributed by atoms with Gasteiger partial charge in [-0.2, -0.15) is 11.8 Å². The van der Waals surface area contributed by atoms with Gasteiger partial charge in [-0.3, -0.25) is 19.3 Å². The number of thiophene rings is 1. The first-order valence-corrected chi connectivity index (χ1v) is 13.1. The molecule has 0 bridgehead atoms. The lowest BCUT2D eigenvalue weighted by Gasteiger charge is -2.24. The summed E-state index contributed by atoms with van der Waals surface area (Å²) in [4.78, 5) is 65.2. The summed E-state index contributed by atoms with van der Waals surface area (Å²) in [6.45, 7) is 4.80. The van der Waals surface area contributed by atoms with Crippen molar-refractivity contribution in [3.8, 4) is 0 Å². The van der Waals surface area contributed by atoms with Crippen molar-refractivity contribution in [1.82, 2.24) is 4.90 Å². The van der Waals surface area contributed by atoms with E-state index in [9.17, 15) is 24.0 Å². The van der Waals surface area contributed by atoms with Gasteiger partial charge in [0.25, 0.3) is 17.7 Å². The number of fused-ring (bicyclic) bond motifs is 1. The molecule has 1 N–H and O–H groups in total. The Morgan fingerprint density at radius 1 is 1.09 bits per heavy atom. The van der Waals surface area contributed by atoms with Gasteiger partial charge in [0.1, 0.15) is 11.0 Å².